The maximum atomic E-state index is 13.4. The second kappa shape index (κ2) is 6.45. The Hall–Kier alpha value is -1.13. The number of benzene rings is 1. The first-order valence-corrected chi connectivity index (χ1v) is 5.37. The fourth-order valence-corrected chi connectivity index (χ4v) is 1.55. The number of hydrogen-bond acceptors (Lipinski definition) is 3. The van der Waals surface area contributed by atoms with Gasteiger partial charge in [0.15, 0.2) is 0 Å². The zero-order valence-corrected chi connectivity index (χ0v) is 9.82. The van der Waals surface area contributed by atoms with Crippen molar-refractivity contribution in [1.29, 1.82) is 0 Å². The van der Waals surface area contributed by atoms with Crippen LogP contribution in [0.4, 0.5) is 10.1 Å². The molecule has 2 N–H and O–H groups in total. The maximum Gasteiger partial charge on any atom is 0.146 e. The molecule has 1 atom stereocenters. The van der Waals surface area contributed by atoms with E-state index in [0.717, 1.165) is 13.0 Å². The van der Waals surface area contributed by atoms with Crippen molar-refractivity contribution in [2.75, 3.05) is 32.1 Å². The summed E-state index contributed by atoms with van der Waals surface area (Å²) >= 11 is 0. The summed E-state index contributed by atoms with van der Waals surface area (Å²) in [5.74, 6) is -0.202. The van der Waals surface area contributed by atoms with Gasteiger partial charge in [0.2, 0.25) is 0 Å². The van der Waals surface area contributed by atoms with Crippen LogP contribution in [0.3, 0.4) is 0 Å². The van der Waals surface area contributed by atoms with Gasteiger partial charge >= 0.3 is 0 Å². The standard InChI is InChI=1S/C12H19FN2O/c1-15(8-7-10(9-14)16-2)12-6-4-3-5-11(12)13/h3-6,10H,7-9,14H2,1-2H3. The molecule has 0 spiro atoms. The van der Waals surface area contributed by atoms with Crippen LogP contribution in [0.2, 0.25) is 0 Å². The van der Waals surface area contributed by atoms with Crippen LogP contribution in [0.1, 0.15) is 6.42 Å². The van der Waals surface area contributed by atoms with Crippen LogP contribution in [0, 0.1) is 5.82 Å². The van der Waals surface area contributed by atoms with Crippen molar-refractivity contribution in [3.63, 3.8) is 0 Å². The van der Waals surface area contributed by atoms with E-state index in [4.69, 9.17) is 10.5 Å². The van der Waals surface area contributed by atoms with Gasteiger partial charge in [-0.05, 0) is 18.6 Å². The largest absolute Gasteiger partial charge is 0.380 e. The van der Waals surface area contributed by atoms with Gasteiger partial charge in [-0.2, -0.15) is 0 Å². The summed E-state index contributed by atoms with van der Waals surface area (Å²) in [4.78, 5) is 1.87. The van der Waals surface area contributed by atoms with Gasteiger partial charge in [0, 0.05) is 27.2 Å². The molecule has 90 valence electrons. The number of anilines is 1. The lowest BCUT2D eigenvalue weighted by molar-refractivity contribution is 0.104. The Morgan fingerprint density at radius 2 is 2.12 bits per heavy atom. The SMILES string of the molecule is COC(CN)CCN(C)c1ccccc1F. The second-order valence-corrected chi connectivity index (χ2v) is 3.76. The third kappa shape index (κ3) is 3.47. The molecule has 4 heteroatoms. The lowest BCUT2D eigenvalue weighted by Crippen LogP contribution is -2.29. The third-order valence-electron chi connectivity index (χ3n) is 2.65. The molecule has 0 aromatic heterocycles. The smallest absolute Gasteiger partial charge is 0.146 e. The number of rotatable bonds is 6. The Morgan fingerprint density at radius 1 is 1.44 bits per heavy atom. The van der Waals surface area contributed by atoms with Crippen molar-refractivity contribution >= 4 is 5.69 Å². The normalized spacial score (nSPS) is 12.5. The quantitative estimate of drug-likeness (QED) is 0.801. The highest BCUT2D eigenvalue weighted by atomic mass is 19.1. The minimum absolute atomic E-state index is 0.0363. The van der Waals surface area contributed by atoms with Crippen LogP contribution in [0.15, 0.2) is 24.3 Å². The minimum atomic E-state index is -0.202. The molecule has 0 radical (unpaired) electrons. The van der Waals surface area contributed by atoms with Crippen LogP contribution < -0.4 is 10.6 Å². The van der Waals surface area contributed by atoms with Crippen LogP contribution in [0.5, 0.6) is 0 Å². The molecule has 0 saturated carbocycles. The summed E-state index contributed by atoms with van der Waals surface area (Å²) in [5, 5.41) is 0. The number of ether oxygens (including phenoxy) is 1. The highest BCUT2D eigenvalue weighted by molar-refractivity contribution is 5.46. The zero-order chi connectivity index (χ0) is 12.0. The summed E-state index contributed by atoms with van der Waals surface area (Å²) in [6, 6.07) is 6.73. The molecule has 0 amide bonds. The van der Waals surface area contributed by atoms with Crippen molar-refractivity contribution < 1.29 is 9.13 Å². The minimum Gasteiger partial charge on any atom is -0.380 e. The molecule has 1 aromatic carbocycles. The van der Waals surface area contributed by atoms with E-state index in [-0.39, 0.29) is 11.9 Å². The van der Waals surface area contributed by atoms with Crippen molar-refractivity contribution in [2.24, 2.45) is 5.73 Å². The van der Waals surface area contributed by atoms with E-state index in [1.54, 1.807) is 19.2 Å². The Bertz CT molecular complexity index is 316. The fourth-order valence-electron chi connectivity index (χ4n) is 1.55. The molecule has 1 rings (SSSR count). The fraction of sp³-hybridized carbons (Fsp3) is 0.500. The number of nitrogens with zero attached hydrogens (tertiary/aromatic N) is 1. The lowest BCUT2D eigenvalue weighted by Gasteiger charge is -2.22. The molecular formula is C12H19FN2O. The van der Waals surface area contributed by atoms with Gasteiger partial charge < -0.3 is 15.4 Å². The molecule has 0 bridgehead atoms. The van der Waals surface area contributed by atoms with Gasteiger partial charge in [0.05, 0.1) is 11.8 Å². The van der Waals surface area contributed by atoms with Gasteiger partial charge in [-0.15, -0.1) is 0 Å². The maximum absolute atomic E-state index is 13.4. The van der Waals surface area contributed by atoms with Crippen LogP contribution in [-0.4, -0.2) is 33.4 Å². The molecule has 1 aromatic rings. The number of nitrogens with two attached hydrogens (primary N) is 1. The summed E-state index contributed by atoms with van der Waals surface area (Å²) < 4.78 is 18.6. The first-order chi connectivity index (χ1) is 7.69. The van der Waals surface area contributed by atoms with Gasteiger partial charge in [-0.25, -0.2) is 4.39 Å². The molecule has 0 fully saturated rings. The number of hydrogen-bond donors (Lipinski definition) is 1. The van der Waals surface area contributed by atoms with E-state index >= 15 is 0 Å². The van der Waals surface area contributed by atoms with E-state index in [9.17, 15) is 4.39 Å². The zero-order valence-electron chi connectivity index (χ0n) is 9.82. The summed E-state index contributed by atoms with van der Waals surface area (Å²) in [5.41, 5.74) is 6.13. The number of para-hydroxylation sites is 1. The topological polar surface area (TPSA) is 38.5 Å². The average molecular weight is 226 g/mol. The predicted molar refractivity (Wildman–Crippen MR) is 64.1 cm³/mol. The van der Waals surface area contributed by atoms with Crippen LogP contribution in [-0.2, 0) is 4.74 Å². The Morgan fingerprint density at radius 3 is 2.69 bits per heavy atom. The highest BCUT2D eigenvalue weighted by Crippen LogP contribution is 2.17. The van der Waals surface area contributed by atoms with Crippen LogP contribution in [0.25, 0.3) is 0 Å². The molecule has 0 aliphatic heterocycles. The first-order valence-electron chi connectivity index (χ1n) is 5.37. The lowest BCUT2D eigenvalue weighted by atomic mass is 10.2. The van der Waals surface area contributed by atoms with Gasteiger partial charge in [0.1, 0.15) is 5.82 Å². The van der Waals surface area contributed by atoms with E-state index in [1.807, 2.05) is 18.0 Å². The molecule has 0 saturated heterocycles. The van der Waals surface area contributed by atoms with Gasteiger partial charge in [-0.3, -0.25) is 0 Å². The van der Waals surface area contributed by atoms with E-state index in [0.29, 0.717) is 12.2 Å². The molecule has 16 heavy (non-hydrogen) atoms. The van der Waals surface area contributed by atoms with Gasteiger partial charge in [-0.1, -0.05) is 12.1 Å². The number of halogens is 1. The molecule has 1 unspecified atom stereocenters. The summed E-state index contributed by atoms with van der Waals surface area (Å²) in [7, 11) is 3.50. The molecule has 0 heterocycles. The van der Waals surface area contributed by atoms with Gasteiger partial charge in [0.25, 0.3) is 0 Å². The third-order valence-corrected chi connectivity index (χ3v) is 2.65. The monoisotopic (exact) mass is 226 g/mol. The van der Waals surface area contributed by atoms with Crippen molar-refractivity contribution in [3.05, 3.63) is 30.1 Å². The predicted octanol–water partition coefficient (Wildman–Crippen LogP) is 1.63. The molecule has 0 aliphatic carbocycles. The molecule has 0 aliphatic rings. The molecule has 3 nitrogen and oxygen atoms in total. The average Bonchev–Trinajstić information content (AvgIpc) is 2.30. The Labute approximate surface area is 96.0 Å². The summed E-state index contributed by atoms with van der Waals surface area (Å²) in [6.45, 7) is 1.21. The first kappa shape index (κ1) is 12.9. The van der Waals surface area contributed by atoms with E-state index in [2.05, 4.69) is 0 Å². The van der Waals surface area contributed by atoms with Crippen LogP contribution >= 0.6 is 0 Å². The van der Waals surface area contributed by atoms with Crippen molar-refractivity contribution in [2.45, 2.75) is 12.5 Å². The Kier molecular flexibility index (Phi) is 5.22. The Balaban J connectivity index is 2.52. The second-order valence-electron chi connectivity index (χ2n) is 3.76. The summed E-state index contributed by atoms with van der Waals surface area (Å²) in [6.07, 6.45) is 0.826. The highest BCUT2D eigenvalue weighted by Gasteiger charge is 2.09. The molecular weight excluding hydrogens is 207 g/mol. The van der Waals surface area contributed by atoms with Crippen molar-refractivity contribution in [1.82, 2.24) is 0 Å². The van der Waals surface area contributed by atoms with E-state index in [1.165, 1.54) is 6.07 Å². The van der Waals surface area contributed by atoms with Crippen molar-refractivity contribution in [3.8, 4) is 0 Å². The van der Waals surface area contributed by atoms with E-state index < -0.39 is 0 Å². The number of methoxy groups -OCH3 is 1.